The van der Waals surface area contributed by atoms with Gasteiger partial charge in [0, 0.05) is 46.2 Å². The molecule has 2 aliphatic rings. The Morgan fingerprint density at radius 2 is 1.69 bits per heavy atom. The van der Waals surface area contributed by atoms with Crippen molar-refractivity contribution in [2.75, 3.05) is 40.3 Å². The highest BCUT2D eigenvalue weighted by atomic mass is 16.2. The van der Waals surface area contributed by atoms with Crippen LogP contribution < -0.4 is 0 Å². The first-order valence-corrected chi connectivity index (χ1v) is 9.81. The lowest BCUT2D eigenvalue weighted by molar-refractivity contribution is -0.142. The highest BCUT2D eigenvalue weighted by Gasteiger charge is 2.33. The molecule has 1 aromatic carbocycles. The van der Waals surface area contributed by atoms with E-state index in [2.05, 4.69) is 29.2 Å². The van der Waals surface area contributed by atoms with Crippen LogP contribution in [0.4, 0.5) is 0 Å². The highest BCUT2D eigenvalue weighted by molar-refractivity contribution is 5.81. The molecule has 0 bridgehead atoms. The summed E-state index contributed by atoms with van der Waals surface area (Å²) in [5, 5.41) is 0. The van der Waals surface area contributed by atoms with E-state index < -0.39 is 0 Å². The van der Waals surface area contributed by atoms with Crippen LogP contribution in [0.3, 0.4) is 0 Å². The molecule has 0 aliphatic carbocycles. The average Bonchev–Trinajstić information content (AvgIpc) is 2.68. The second-order valence-corrected chi connectivity index (χ2v) is 7.89. The zero-order valence-corrected chi connectivity index (χ0v) is 16.1. The minimum Gasteiger partial charge on any atom is -0.349 e. The van der Waals surface area contributed by atoms with E-state index in [1.54, 1.807) is 4.90 Å². The monoisotopic (exact) mass is 357 g/mol. The number of benzene rings is 1. The predicted molar refractivity (Wildman–Crippen MR) is 102 cm³/mol. The van der Waals surface area contributed by atoms with E-state index in [1.807, 2.05) is 25.1 Å². The molecule has 3 rings (SSSR count). The number of carbonyl (C=O) groups excluding carboxylic acids is 2. The summed E-state index contributed by atoms with van der Waals surface area (Å²) in [7, 11) is 3.62. The number of carbonyl (C=O) groups is 2. The molecule has 0 radical (unpaired) electrons. The summed E-state index contributed by atoms with van der Waals surface area (Å²) in [6, 6.07) is 10.5. The normalized spacial score (nSPS) is 22.2. The fraction of sp³-hybridized carbons (Fsp3) is 0.619. The third kappa shape index (κ3) is 4.64. The van der Waals surface area contributed by atoms with Gasteiger partial charge in [0.1, 0.15) is 0 Å². The molecular formula is C21H31N3O2. The first kappa shape index (κ1) is 18.9. The van der Waals surface area contributed by atoms with Crippen LogP contribution in [0.1, 0.15) is 31.2 Å². The van der Waals surface area contributed by atoms with E-state index in [9.17, 15) is 9.59 Å². The van der Waals surface area contributed by atoms with Gasteiger partial charge in [0.05, 0.1) is 5.92 Å². The van der Waals surface area contributed by atoms with E-state index >= 15 is 0 Å². The summed E-state index contributed by atoms with van der Waals surface area (Å²) in [6.45, 7) is 4.28. The molecular weight excluding hydrogens is 326 g/mol. The van der Waals surface area contributed by atoms with Gasteiger partial charge in [0.25, 0.3) is 0 Å². The minimum atomic E-state index is 0.0787. The summed E-state index contributed by atoms with van der Waals surface area (Å²) in [5.74, 6) is 0.672. The van der Waals surface area contributed by atoms with Crippen molar-refractivity contribution in [2.24, 2.45) is 11.8 Å². The van der Waals surface area contributed by atoms with Crippen molar-refractivity contribution in [3.63, 3.8) is 0 Å². The summed E-state index contributed by atoms with van der Waals surface area (Å²) < 4.78 is 0. The van der Waals surface area contributed by atoms with Gasteiger partial charge in [-0.15, -0.1) is 0 Å². The molecule has 0 aromatic heterocycles. The molecule has 5 nitrogen and oxygen atoms in total. The van der Waals surface area contributed by atoms with Crippen LogP contribution in [-0.2, 0) is 16.1 Å². The van der Waals surface area contributed by atoms with E-state index in [4.69, 9.17) is 0 Å². The maximum absolute atomic E-state index is 13.0. The molecule has 2 saturated heterocycles. The van der Waals surface area contributed by atoms with Crippen LogP contribution >= 0.6 is 0 Å². The van der Waals surface area contributed by atoms with E-state index in [-0.39, 0.29) is 17.7 Å². The second kappa shape index (κ2) is 8.67. The number of amides is 2. The Bertz CT molecular complexity index is 609. The predicted octanol–water partition coefficient (Wildman–Crippen LogP) is 2.23. The summed E-state index contributed by atoms with van der Waals surface area (Å²) >= 11 is 0. The fourth-order valence-corrected chi connectivity index (χ4v) is 4.21. The Hall–Kier alpha value is -1.88. The van der Waals surface area contributed by atoms with Gasteiger partial charge < -0.3 is 9.80 Å². The SMILES string of the molecule is CN(C)C(=O)C1CCN(C(=O)C2CCCN(Cc3ccccc3)C2)CC1. The van der Waals surface area contributed by atoms with Gasteiger partial charge in [-0.1, -0.05) is 30.3 Å². The standard InChI is InChI=1S/C21H31N3O2/c1-22(2)20(25)18-10-13-24(14-11-18)21(26)19-9-6-12-23(16-19)15-17-7-4-3-5-8-17/h3-5,7-8,18-19H,6,9-16H2,1-2H3. The van der Waals surface area contributed by atoms with Crippen molar-refractivity contribution in [2.45, 2.75) is 32.2 Å². The van der Waals surface area contributed by atoms with Crippen LogP contribution in [-0.4, -0.2) is 66.8 Å². The second-order valence-electron chi connectivity index (χ2n) is 7.89. The number of rotatable bonds is 4. The Kier molecular flexibility index (Phi) is 6.30. The molecule has 5 heteroatoms. The molecule has 1 atom stereocenters. The lowest BCUT2D eigenvalue weighted by atomic mass is 9.92. The van der Waals surface area contributed by atoms with Crippen molar-refractivity contribution in [1.29, 1.82) is 0 Å². The summed E-state index contributed by atoms with van der Waals surface area (Å²) in [6.07, 6.45) is 3.66. The van der Waals surface area contributed by atoms with E-state index in [0.29, 0.717) is 5.91 Å². The molecule has 0 N–H and O–H groups in total. The van der Waals surface area contributed by atoms with Crippen LogP contribution in [0.2, 0.25) is 0 Å². The lowest BCUT2D eigenvalue weighted by Crippen LogP contribution is -2.48. The van der Waals surface area contributed by atoms with Crippen LogP contribution in [0.5, 0.6) is 0 Å². The third-order valence-electron chi connectivity index (χ3n) is 5.70. The zero-order valence-electron chi connectivity index (χ0n) is 16.1. The number of nitrogens with zero attached hydrogens (tertiary/aromatic N) is 3. The first-order valence-electron chi connectivity index (χ1n) is 9.81. The summed E-state index contributed by atoms with van der Waals surface area (Å²) in [4.78, 5) is 31.1. The van der Waals surface area contributed by atoms with Gasteiger partial charge in [-0.05, 0) is 37.8 Å². The molecule has 2 aliphatic heterocycles. The van der Waals surface area contributed by atoms with Crippen LogP contribution in [0.15, 0.2) is 30.3 Å². The molecule has 2 fully saturated rings. The van der Waals surface area contributed by atoms with Crippen molar-refractivity contribution in [3.05, 3.63) is 35.9 Å². The van der Waals surface area contributed by atoms with Crippen molar-refractivity contribution >= 4 is 11.8 Å². The molecule has 1 aromatic rings. The molecule has 2 amide bonds. The third-order valence-corrected chi connectivity index (χ3v) is 5.70. The van der Waals surface area contributed by atoms with Gasteiger partial charge >= 0.3 is 0 Å². The van der Waals surface area contributed by atoms with Crippen molar-refractivity contribution in [1.82, 2.24) is 14.7 Å². The van der Waals surface area contributed by atoms with Crippen molar-refractivity contribution < 1.29 is 9.59 Å². The number of likely N-dealkylation sites (tertiary alicyclic amines) is 2. The lowest BCUT2D eigenvalue weighted by Gasteiger charge is -2.38. The Morgan fingerprint density at radius 1 is 1.00 bits per heavy atom. The fourth-order valence-electron chi connectivity index (χ4n) is 4.21. The Labute approximate surface area is 156 Å². The van der Waals surface area contributed by atoms with Gasteiger partial charge in [0.2, 0.25) is 11.8 Å². The molecule has 142 valence electrons. The first-order chi connectivity index (χ1) is 12.5. The van der Waals surface area contributed by atoms with Gasteiger partial charge in [0.15, 0.2) is 0 Å². The van der Waals surface area contributed by atoms with Crippen LogP contribution in [0, 0.1) is 11.8 Å². The van der Waals surface area contributed by atoms with Gasteiger partial charge in [-0.3, -0.25) is 14.5 Å². The molecule has 0 saturated carbocycles. The van der Waals surface area contributed by atoms with Crippen molar-refractivity contribution in [3.8, 4) is 0 Å². The number of piperidine rings is 2. The largest absolute Gasteiger partial charge is 0.349 e. The number of hydrogen-bond donors (Lipinski definition) is 0. The number of hydrogen-bond acceptors (Lipinski definition) is 3. The molecule has 1 unspecified atom stereocenters. The van der Waals surface area contributed by atoms with E-state index in [1.165, 1.54) is 5.56 Å². The quantitative estimate of drug-likeness (QED) is 0.830. The maximum atomic E-state index is 13.0. The zero-order chi connectivity index (χ0) is 18.5. The summed E-state index contributed by atoms with van der Waals surface area (Å²) in [5.41, 5.74) is 1.31. The highest BCUT2D eigenvalue weighted by Crippen LogP contribution is 2.24. The average molecular weight is 357 g/mol. The molecule has 2 heterocycles. The van der Waals surface area contributed by atoms with E-state index in [0.717, 1.165) is 58.4 Å². The minimum absolute atomic E-state index is 0.0787. The van der Waals surface area contributed by atoms with Gasteiger partial charge in [-0.25, -0.2) is 0 Å². The Morgan fingerprint density at radius 3 is 2.35 bits per heavy atom. The van der Waals surface area contributed by atoms with Gasteiger partial charge in [-0.2, -0.15) is 0 Å². The molecule has 26 heavy (non-hydrogen) atoms. The van der Waals surface area contributed by atoms with Crippen LogP contribution in [0.25, 0.3) is 0 Å². The topological polar surface area (TPSA) is 43.9 Å². The molecule has 0 spiro atoms. The maximum Gasteiger partial charge on any atom is 0.226 e. The Balaban J connectivity index is 1.51. The smallest absolute Gasteiger partial charge is 0.226 e.